The lowest BCUT2D eigenvalue weighted by Crippen LogP contribution is -2.49. The van der Waals surface area contributed by atoms with E-state index in [-0.39, 0.29) is 29.8 Å². The minimum atomic E-state index is -0.353. The van der Waals surface area contributed by atoms with E-state index in [1.807, 2.05) is 54.0 Å². The number of fused-ring (bicyclic) bond motifs is 1. The average Bonchev–Trinajstić information content (AvgIpc) is 3.53. The van der Waals surface area contributed by atoms with Gasteiger partial charge in [-0.25, -0.2) is 4.98 Å². The molecular weight excluding hydrogens is 470 g/mol. The van der Waals surface area contributed by atoms with Gasteiger partial charge in [0.15, 0.2) is 0 Å². The fourth-order valence-electron chi connectivity index (χ4n) is 5.37. The van der Waals surface area contributed by atoms with Crippen LogP contribution >= 0.6 is 0 Å². The Balaban J connectivity index is 1.43. The standard InChI is InChI=1S/C27H35N7O3/c1-18(2)34-17-21-23(26(34)37)29-27(32-14-12-31(13-15-32)19(3)35)30-24(21)33-11-7-10-22(33)25(36)28-16-20-8-5-4-6-9-20/h4-6,8-9,18,22H,7,10-17H2,1-3H3,(H,28,36)/t22-/m1/s1. The molecular formula is C27H35N7O3. The fourth-order valence-corrected chi connectivity index (χ4v) is 5.37. The molecule has 0 spiro atoms. The summed E-state index contributed by atoms with van der Waals surface area (Å²) in [7, 11) is 0. The van der Waals surface area contributed by atoms with E-state index < -0.39 is 0 Å². The van der Waals surface area contributed by atoms with E-state index in [9.17, 15) is 14.4 Å². The van der Waals surface area contributed by atoms with E-state index >= 15 is 0 Å². The Hall–Kier alpha value is -3.69. The number of nitrogens with zero attached hydrogens (tertiary/aromatic N) is 6. The number of benzene rings is 1. The van der Waals surface area contributed by atoms with E-state index in [4.69, 9.17) is 9.97 Å². The molecule has 0 unspecified atom stereocenters. The van der Waals surface area contributed by atoms with Crippen molar-refractivity contribution in [3.8, 4) is 0 Å². The van der Waals surface area contributed by atoms with Gasteiger partial charge in [0.2, 0.25) is 17.8 Å². The molecule has 2 saturated heterocycles. The van der Waals surface area contributed by atoms with Crippen LogP contribution in [0.2, 0.25) is 0 Å². The molecule has 196 valence electrons. The summed E-state index contributed by atoms with van der Waals surface area (Å²) in [5, 5.41) is 3.09. The minimum absolute atomic E-state index is 0.0284. The molecule has 37 heavy (non-hydrogen) atoms. The van der Waals surface area contributed by atoms with Crippen LogP contribution in [-0.4, -0.2) is 82.3 Å². The molecule has 2 aromatic rings. The lowest BCUT2D eigenvalue weighted by Gasteiger charge is -2.35. The predicted octanol–water partition coefficient (Wildman–Crippen LogP) is 1.79. The Morgan fingerprint density at radius 3 is 2.46 bits per heavy atom. The monoisotopic (exact) mass is 505 g/mol. The van der Waals surface area contributed by atoms with Gasteiger partial charge in [-0.1, -0.05) is 30.3 Å². The number of carbonyl (C=O) groups excluding carboxylic acids is 3. The van der Waals surface area contributed by atoms with Crippen LogP contribution in [0, 0.1) is 0 Å². The number of rotatable bonds is 6. The van der Waals surface area contributed by atoms with E-state index in [1.165, 1.54) is 0 Å². The van der Waals surface area contributed by atoms with Gasteiger partial charge >= 0.3 is 0 Å². The molecule has 0 bridgehead atoms. The maximum atomic E-state index is 13.3. The number of amides is 3. The first-order chi connectivity index (χ1) is 17.8. The van der Waals surface area contributed by atoms with Crippen LogP contribution in [0.15, 0.2) is 30.3 Å². The Morgan fingerprint density at radius 2 is 1.78 bits per heavy atom. The Labute approximate surface area is 217 Å². The van der Waals surface area contributed by atoms with Gasteiger partial charge in [0.1, 0.15) is 17.6 Å². The summed E-state index contributed by atoms with van der Waals surface area (Å²) in [5.74, 6) is 1.10. The van der Waals surface area contributed by atoms with Crippen molar-refractivity contribution in [2.24, 2.45) is 0 Å². The van der Waals surface area contributed by atoms with Crippen LogP contribution in [0.4, 0.5) is 11.8 Å². The van der Waals surface area contributed by atoms with Gasteiger partial charge in [-0.3, -0.25) is 14.4 Å². The van der Waals surface area contributed by atoms with Crippen molar-refractivity contribution in [1.82, 2.24) is 25.1 Å². The van der Waals surface area contributed by atoms with Crippen LogP contribution in [0.25, 0.3) is 0 Å². The molecule has 5 rings (SSSR count). The zero-order chi connectivity index (χ0) is 26.1. The lowest BCUT2D eigenvalue weighted by atomic mass is 10.1. The van der Waals surface area contributed by atoms with Crippen molar-refractivity contribution in [2.45, 2.75) is 58.8 Å². The van der Waals surface area contributed by atoms with E-state index in [2.05, 4.69) is 10.2 Å². The molecule has 3 amide bonds. The highest BCUT2D eigenvalue weighted by atomic mass is 16.2. The number of piperazine rings is 1. The number of hydrogen-bond acceptors (Lipinski definition) is 7. The Morgan fingerprint density at radius 1 is 1.05 bits per heavy atom. The molecule has 1 aromatic heterocycles. The van der Waals surface area contributed by atoms with Crippen LogP contribution in [-0.2, 0) is 22.7 Å². The third-order valence-electron chi connectivity index (χ3n) is 7.53. The summed E-state index contributed by atoms with van der Waals surface area (Å²) in [6, 6.07) is 9.54. The predicted molar refractivity (Wildman–Crippen MR) is 140 cm³/mol. The molecule has 3 aliphatic heterocycles. The number of anilines is 2. The summed E-state index contributed by atoms with van der Waals surface area (Å²) in [6.07, 6.45) is 1.60. The number of carbonyl (C=O) groups is 3. The number of nitrogens with one attached hydrogen (secondary N) is 1. The van der Waals surface area contributed by atoms with Crippen LogP contribution in [0.5, 0.6) is 0 Å². The van der Waals surface area contributed by atoms with Gasteiger partial charge in [0, 0.05) is 57.8 Å². The van der Waals surface area contributed by atoms with Gasteiger partial charge in [-0.2, -0.15) is 4.98 Å². The molecule has 10 nitrogen and oxygen atoms in total. The Bertz CT molecular complexity index is 1180. The largest absolute Gasteiger partial charge is 0.350 e. The van der Waals surface area contributed by atoms with Crippen LogP contribution in [0.3, 0.4) is 0 Å². The molecule has 10 heteroatoms. The van der Waals surface area contributed by atoms with Crippen LogP contribution in [0.1, 0.15) is 55.2 Å². The SMILES string of the molecule is CC(=O)N1CCN(c2nc3c(c(N4CCC[C@@H]4C(=O)NCc4ccccc4)n2)CN(C(C)C)C3=O)CC1. The highest BCUT2D eigenvalue weighted by Crippen LogP contribution is 2.36. The van der Waals surface area contributed by atoms with Crippen molar-refractivity contribution in [3.05, 3.63) is 47.2 Å². The van der Waals surface area contributed by atoms with Gasteiger partial charge in [0.25, 0.3) is 5.91 Å². The van der Waals surface area contributed by atoms with Crippen molar-refractivity contribution in [3.63, 3.8) is 0 Å². The summed E-state index contributed by atoms with van der Waals surface area (Å²) in [5.41, 5.74) is 2.28. The summed E-state index contributed by atoms with van der Waals surface area (Å²) in [6.45, 7) is 9.54. The number of hydrogen-bond donors (Lipinski definition) is 1. The molecule has 0 saturated carbocycles. The maximum Gasteiger partial charge on any atom is 0.273 e. The first kappa shape index (κ1) is 25.0. The van der Waals surface area contributed by atoms with E-state index in [0.29, 0.717) is 63.3 Å². The topological polar surface area (TPSA) is 102 Å². The van der Waals surface area contributed by atoms with Crippen molar-refractivity contribution >= 4 is 29.5 Å². The molecule has 1 aromatic carbocycles. The lowest BCUT2D eigenvalue weighted by molar-refractivity contribution is -0.129. The fraction of sp³-hybridized carbons (Fsp3) is 0.519. The highest BCUT2D eigenvalue weighted by molar-refractivity contribution is 5.99. The second kappa shape index (κ2) is 10.4. The van der Waals surface area contributed by atoms with E-state index in [0.717, 1.165) is 24.0 Å². The number of aromatic nitrogens is 2. The van der Waals surface area contributed by atoms with Gasteiger partial charge in [-0.05, 0) is 32.3 Å². The molecule has 1 N–H and O–H groups in total. The Kier molecular flexibility index (Phi) is 6.99. The average molecular weight is 506 g/mol. The second-order valence-corrected chi connectivity index (χ2v) is 10.2. The van der Waals surface area contributed by atoms with Crippen LogP contribution < -0.4 is 15.1 Å². The quantitative estimate of drug-likeness (QED) is 0.639. The zero-order valence-corrected chi connectivity index (χ0v) is 21.8. The van der Waals surface area contributed by atoms with Crippen molar-refractivity contribution in [1.29, 1.82) is 0 Å². The first-order valence-corrected chi connectivity index (χ1v) is 13.1. The summed E-state index contributed by atoms with van der Waals surface area (Å²) in [4.78, 5) is 55.8. The normalized spacial score (nSPS) is 19.6. The summed E-state index contributed by atoms with van der Waals surface area (Å²) < 4.78 is 0. The third kappa shape index (κ3) is 4.97. The molecule has 3 aliphatic rings. The van der Waals surface area contributed by atoms with Gasteiger partial charge < -0.3 is 24.9 Å². The second-order valence-electron chi connectivity index (χ2n) is 10.2. The third-order valence-corrected chi connectivity index (χ3v) is 7.53. The zero-order valence-electron chi connectivity index (χ0n) is 21.8. The molecule has 1 atom stereocenters. The minimum Gasteiger partial charge on any atom is -0.350 e. The van der Waals surface area contributed by atoms with Crippen molar-refractivity contribution < 1.29 is 14.4 Å². The maximum absolute atomic E-state index is 13.3. The molecule has 4 heterocycles. The summed E-state index contributed by atoms with van der Waals surface area (Å²) >= 11 is 0. The van der Waals surface area contributed by atoms with Crippen molar-refractivity contribution in [2.75, 3.05) is 42.5 Å². The van der Waals surface area contributed by atoms with Gasteiger partial charge in [-0.15, -0.1) is 0 Å². The highest BCUT2D eigenvalue weighted by Gasteiger charge is 2.40. The van der Waals surface area contributed by atoms with Gasteiger partial charge in [0.05, 0.1) is 6.54 Å². The molecule has 2 fully saturated rings. The molecule has 0 radical (unpaired) electrons. The van der Waals surface area contributed by atoms with E-state index in [1.54, 1.807) is 11.8 Å². The molecule has 0 aliphatic carbocycles. The smallest absolute Gasteiger partial charge is 0.273 e. The first-order valence-electron chi connectivity index (χ1n) is 13.1.